The predicted molar refractivity (Wildman–Crippen MR) is 51.4 cm³/mol. The fraction of sp³-hybridized carbons (Fsp3) is 0. The van der Waals surface area contributed by atoms with E-state index in [2.05, 4.69) is 9.71 Å². The van der Waals surface area contributed by atoms with Gasteiger partial charge in [-0.05, 0) is 18.2 Å². The molecule has 0 fully saturated rings. The van der Waals surface area contributed by atoms with Crippen molar-refractivity contribution < 1.29 is 18.0 Å². The lowest BCUT2D eigenvalue weighted by Crippen LogP contribution is -1.99. The zero-order valence-electron chi connectivity index (χ0n) is 7.38. The molecule has 0 heterocycles. The summed E-state index contributed by atoms with van der Waals surface area (Å²) in [5.41, 5.74) is 0.298. The number of carbonyl (C=O) groups is 1. The van der Waals surface area contributed by atoms with Crippen LogP contribution in [0.5, 0.6) is 0 Å². The maximum Gasteiger partial charge on any atom is 0.292 e. The van der Waals surface area contributed by atoms with Crippen LogP contribution in [0, 0.1) is 0 Å². The molecule has 6 nitrogen and oxygen atoms in total. The van der Waals surface area contributed by atoms with Gasteiger partial charge in [-0.25, -0.2) is 4.79 Å². The number of nitrogens with one attached hydrogen (secondary N) is 1. The normalized spacial score (nSPS) is 10.1. The lowest BCUT2D eigenvalue weighted by atomic mass is 10.3. The van der Waals surface area contributed by atoms with Gasteiger partial charge in [0.15, 0.2) is 0 Å². The minimum atomic E-state index is -4.01. The summed E-state index contributed by atoms with van der Waals surface area (Å²) < 4.78 is 25.2. The van der Waals surface area contributed by atoms with Crippen LogP contribution in [0.15, 0.2) is 33.6 Å². The van der Waals surface area contributed by atoms with Gasteiger partial charge in [0.05, 0.1) is 4.90 Å². The molecule has 0 aromatic heterocycles. The smallest absolute Gasteiger partial charge is 0.292 e. The molecule has 1 aromatic carbocycles. The van der Waals surface area contributed by atoms with Gasteiger partial charge in [-0.3, -0.25) is 4.79 Å². The van der Waals surface area contributed by atoms with Crippen molar-refractivity contribution in [1.29, 1.82) is 0 Å². The molecule has 0 radical (unpaired) electrons. The van der Waals surface area contributed by atoms with Gasteiger partial charge < -0.3 is 5.32 Å². The maximum atomic E-state index is 11.2. The van der Waals surface area contributed by atoms with Gasteiger partial charge in [-0.15, -0.1) is 0 Å². The van der Waals surface area contributed by atoms with E-state index in [1.54, 1.807) is 0 Å². The van der Waals surface area contributed by atoms with E-state index in [1.165, 1.54) is 24.3 Å². The van der Waals surface area contributed by atoms with Gasteiger partial charge in [0, 0.05) is 5.69 Å². The van der Waals surface area contributed by atoms with E-state index in [9.17, 15) is 18.0 Å². The van der Waals surface area contributed by atoms with Crippen LogP contribution in [0.4, 0.5) is 5.69 Å². The molecule has 0 aliphatic rings. The van der Waals surface area contributed by atoms with Crippen molar-refractivity contribution in [2.75, 3.05) is 5.32 Å². The highest BCUT2D eigenvalue weighted by Crippen LogP contribution is 2.16. The Morgan fingerprint density at radius 2 is 2.13 bits per heavy atom. The first-order valence-corrected chi connectivity index (χ1v) is 5.18. The SMILES string of the molecule is O=C=NS(=O)(=O)c1cccc(NC=O)c1. The van der Waals surface area contributed by atoms with Crippen LogP contribution in [-0.2, 0) is 19.6 Å². The molecule has 0 unspecified atom stereocenters. The lowest BCUT2D eigenvalue weighted by Gasteiger charge is -2.00. The van der Waals surface area contributed by atoms with Crippen molar-refractivity contribution in [3.8, 4) is 0 Å². The molecule has 1 aromatic rings. The molecule has 15 heavy (non-hydrogen) atoms. The van der Waals surface area contributed by atoms with E-state index in [0.29, 0.717) is 12.1 Å². The van der Waals surface area contributed by atoms with Crippen molar-refractivity contribution in [1.82, 2.24) is 0 Å². The highest BCUT2D eigenvalue weighted by atomic mass is 32.2. The Hall–Kier alpha value is -1.98. The summed E-state index contributed by atoms with van der Waals surface area (Å²) in [6, 6.07) is 5.35. The van der Waals surface area contributed by atoms with Gasteiger partial charge in [0.2, 0.25) is 6.41 Å². The molecular weight excluding hydrogens is 220 g/mol. The van der Waals surface area contributed by atoms with Gasteiger partial charge in [-0.2, -0.15) is 8.42 Å². The number of rotatable bonds is 4. The second-order valence-corrected chi connectivity index (χ2v) is 4.05. The summed E-state index contributed by atoms with van der Waals surface area (Å²) in [6.07, 6.45) is 1.37. The molecule has 78 valence electrons. The number of amides is 1. The molecule has 0 saturated carbocycles. The molecule has 0 aliphatic heterocycles. The monoisotopic (exact) mass is 226 g/mol. The predicted octanol–water partition coefficient (Wildman–Crippen LogP) is 0.279. The Kier molecular flexibility index (Phi) is 3.33. The van der Waals surface area contributed by atoms with Crippen molar-refractivity contribution in [3.63, 3.8) is 0 Å². The van der Waals surface area contributed by atoms with E-state index in [1.807, 2.05) is 0 Å². The van der Waals surface area contributed by atoms with E-state index < -0.39 is 10.0 Å². The molecular formula is C8H6N2O4S. The number of nitrogens with zero attached hydrogens (tertiary/aromatic N) is 1. The molecule has 0 spiro atoms. The summed E-state index contributed by atoms with van der Waals surface area (Å²) in [7, 11) is -4.01. The van der Waals surface area contributed by atoms with Crippen LogP contribution in [0.2, 0.25) is 0 Å². The van der Waals surface area contributed by atoms with Crippen molar-refractivity contribution >= 4 is 28.2 Å². The third-order valence-electron chi connectivity index (χ3n) is 1.51. The first-order valence-electron chi connectivity index (χ1n) is 3.74. The van der Waals surface area contributed by atoms with Crippen LogP contribution >= 0.6 is 0 Å². The van der Waals surface area contributed by atoms with E-state index in [0.717, 1.165) is 6.08 Å². The minimum Gasteiger partial charge on any atom is -0.329 e. The molecule has 0 aliphatic carbocycles. The standard InChI is InChI=1S/C8H6N2O4S/c11-5-9-7-2-1-3-8(4-7)15(13,14)10-6-12/h1-5H,(H,9,11). The van der Waals surface area contributed by atoms with E-state index in [-0.39, 0.29) is 4.90 Å². The second-order valence-electron chi connectivity index (χ2n) is 2.45. The fourth-order valence-electron chi connectivity index (χ4n) is 0.916. The first-order chi connectivity index (χ1) is 7.10. The van der Waals surface area contributed by atoms with Gasteiger partial charge in [0.25, 0.3) is 16.1 Å². The van der Waals surface area contributed by atoms with Crippen LogP contribution < -0.4 is 5.32 Å². The topological polar surface area (TPSA) is 92.7 Å². The fourth-order valence-corrected chi connectivity index (χ4v) is 1.65. The van der Waals surface area contributed by atoms with Gasteiger partial charge >= 0.3 is 0 Å². The number of carbonyl (C=O) groups excluding carboxylic acids is 2. The highest BCUT2D eigenvalue weighted by molar-refractivity contribution is 7.90. The van der Waals surface area contributed by atoms with Crippen LogP contribution in [0.1, 0.15) is 0 Å². The molecule has 0 bridgehead atoms. The molecule has 1 rings (SSSR count). The van der Waals surface area contributed by atoms with Gasteiger partial charge in [-0.1, -0.05) is 10.5 Å². The summed E-state index contributed by atoms with van der Waals surface area (Å²) in [4.78, 5) is 19.8. The van der Waals surface area contributed by atoms with E-state index in [4.69, 9.17) is 0 Å². The third-order valence-corrected chi connectivity index (χ3v) is 2.68. The quantitative estimate of drug-likeness (QED) is 0.453. The number of hydrogen-bond acceptors (Lipinski definition) is 4. The summed E-state index contributed by atoms with van der Waals surface area (Å²) in [5, 5.41) is 2.28. The average molecular weight is 226 g/mol. The molecule has 0 saturated heterocycles. The number of isocyanates is 1. The number of hydrogen-bond donors (Lipinski definition) is 1. The van der Waals surface area contributed by atoms with Crippen LogP contribution in [0.3, 0.4) is 0 Å². The average Bonchev–Trinajstić information content (AvgIpc) is 2.19. The Bertz CT molecular complexity index is 517. The minimum absolute atomic E-state index is 0.183. The largest absolute Gasteiger partial charge is 0.329 e. The Morgan fingerprint density at radius 3 is 2.73 bits per heavy atom. The first kappa shape index (κ1) is 11.1. The second kappa shape index (κ2) is 4.50. The van der Waals surface area contributed by atoms with Crippen molar-refractivity contribution in [3.05, 3.63) is 24.3 Å². The summed E-state index contributed by atoms with van der Waals surface area (Å²) >= 11 is 0. The zero-order valence-corrected chi connectivity index (χ0v) is 8.19. The lowest BCUT2D eigenvalue weighted by molar-refractivity contribution is -0.105. The number of benzene rings is 1. The highest BCUT2D eigenvalue weighted by Gasteiger charge is 2.12. The van der Waals surface area contributed by atoms with E-state index >= 15 is 0 Å². The molecule has 1 N–H and O–H groups in total. The zero-order chi connectivity index (χ0) is 11.3. The summed E-state index contributed by atoms with van der Waals surface area (Å²) in [5.74, 6) is 0. The number of sulfonamides is 1. The molecule has 1 amide bonds. The van der Waals surface area contributed by atoms with Gasteiger partial charge in [0.1, 0.15) is 0 Å². The van der Waals surface area contributed by atoms with Crippen molar-refractivity contribution in [2.45, 2.75) is 4.90 Å². The Balaban J connectivity index is 3.21. The third kappa shape index (κ3) is 2.73. The molecule has 7 heteroatoms. The van der Waals surface area contributed by atoms with Crippen LogP contribution in [0.25, 0.3) is 0 Å². The Morgan fingerprint density at radius 1 is 1.40 bits per heavy atom. The molecule has 0 atom stereocenters. The Labute approximate surface area is 85.7 Å². The maximum absolute atomic E-state index is 11.2. The summed E-state index contributed by atoms with van der Waals surface area (Å²) in [6.45, 7) is 0. The van der Waals surface area contributed by atoms with Crippen molar-refractivity contribution in [2.24, 2.45) is 4.40 Å². The van der Waals surface area contributed by atoms with Crippen LogP contribution in [-0.4, -0.2) is 20.9 Å². The number of anilines is 1.